The molecule has 1 N–H and O–H groups in total. The summed E-state index contributed by atoms with van der Waals surface area (Å²) >= 11 is 1.76. The van der Waals surface area contributed by atoms with Crippen LogP contribution in [-0.4, -0.2) is 16.1 Å². The zero-order valence-electron chi connectivity index (χ0n) is 22.3. The first-order chi connectivity index (χ1) is 17.0. The van der Waals surface area contributed by atoms with Crippen molar-refractivity contribution < 1.29 is 0 Å². The minimum absolute atomic E-state index is 0.759. The van der Waals surface area contributed by atoms with Crippen molar-refractivity contribution in [3.8, 4) is 22.0 Å². The van der Waals surface area contributed by atoms with Gasteiger partial charge in [-0.2, -0.15) is 0 Å². The van der Waals surface area contributed by atoms with Crippen LogP contribution in [0.25, 0.3) is 27.7 Å². The van der Waals surface area contributed by atoms with Crippen LogP contribution < -0.4 is 5.32 Å². The smallest absolute Gasteiger partial charge is 0.124 e. The molecule has 0 unspecified atom stereocenters. The number of benzene rings is 1. The van der Waals surface area contributed by atoms with E-state index in [1.165, 1.54) is 85.0 Å². The second-order valence-corrected chi connectivity index (χ2v) is 11.2. The Morgan fingerprint density at radius 2 is 1.91 bits per heavy atom. The second-order valence-electron chi connectivity index (χ2n) is 10.3. The Balaban J connectivity index is 1.67. The number of hydrogen-bond donors (Lipinski definition) is 1. The molecule has 0 saturated heterocycles. The standard InChI is InChI=1S/C31H43N3S/c1-6-8-17-32-23(4)28-19-30(34(24(28)5)20-25-13-10-9-11-14-25)29-21-35-31(33-29)27-16-15-22(3)26(18-27)12-7-2/h15-16,18-19,21,25,32H,4,6-14,17,20H2,1-3,5H3. The zero-order chi connectivity index (χ0) is 24.8. The Morgan fingerprint density at radius 1 is 1.11 bits per heavy atom. The molecule has 0 atom stereocenters. The highest BCUT2D eigenvalue weighted by Crippen LogP contribution is 2.35. The predicted molar refractivity (Wildman–Crippen MR) is 153 cm³/mol. The monoisotopic (exact) mass is 489 g/mol. The Bertz CT molecular complexity index is 1130. The Morgan fingerprint density at radius 3 is 2.66 bits per heavy atom. The van der Waals surface area contributed by atoms with Crippen molar-refractivity contribution in [3.63, 3.8) is 0 Å². The van der Waals surface area contributed by atoms with Crippen molar-refractivity contribution in [2.24, 2.45) is 5.92 Å². The number of thiazole rings is 1. The summed E-state index contributed by atoms with van der Waals surface area (Å²) in [7, 11) is 0. The van der Waals surface area contributed by atoms with Gasteiger partial charge in [0, 0.05) is 41.0 Å². The number of aryl methyl sites for hydroxylation is 2. The molecular formula is C31H43N3S. The molecule has 4 rings (SSSR count). The fourth-order valence-corrected chi connectivity index (χ4v) is 6.22. The summed E-state index contributed by atoms with van der Waals surface area (Å²) in [6.45, 7) is 15.4. The van der Waals surface area contributed by atoms with Gasteiger partial charge in [0.25, 0.3) is 0 Å². The van der Waals surface area contributed by atoms with Gasteiger partial charge in [0.1, 0.15) is 5.01 Å². The molecule has 35 heavy (non-hydrogen) atoms. The zero-order valence-corrected chi connectivity index (χ0v) is 23.1. The molecule has 1 fully saturated rings. The number of unbranched alkanes of at least 4 members (excludes halogenated alkanes) is 1. The van der Waals surface area contributed by atoms with E-state index in [-0.39, 0.29) is 0 Å². The molecule has 1 aliphatic rings. The Kier molecular flexibility index (Phi) is 8.89. The molecule has 2 heterocycles. The van der Waals surface area contributed by atoms with Gasteiger partial charge in [0.2, 0.25) is 0 Å². The van der Waals surface area contributed by atoms with Crippen molar-refractivity contribution >= 4 is 17.0 Å². The van der Waals surface area contributed by atoms with E-state index in [2.05, 4.69) is 73.8 Å². The number of hydrogen-bond acceptors (Lipinski definition) is 3. The van der Waals surface area contributed by atoms with Crippen molar-refractivity contribution in [1.29, 1.82) is 0 Å². The molecule has 1 saturated carbocycles. The molecule has 3 aromatic rings. The van der Waals surface area contributed by atoms with Crippen LogP contribution in [0.5, 0.6) is 0 Å². The number of aromatic nitrogens is 2. The molecule has 2 aromatic heterocycles. The minimum atomic E-state index is 0.759. The topological polar surface area (TPSA) is 29.9 Å². The van der Waals surface area contributed by atoms with Crippen LogP contribution in [0.4, 0.5) is 0 Å². The first kappa shape index (κ1) is 25.8. The molecule has 0 bridgehead atoms. The van der Waals surface area contributed by atoms with Crippen LogP contribution in [0.2, 0.25) is 0 Å². The van der Waals surface area contributed by atoms with E-state index in [9.17, 15) is 0 Å². The summed E-state index contributed by atoms with van der Waals surface area (Å²) in [6, 6.07) is 9.16. The lowest BCUT2D eigenvalue weighted by Gasteiger charge is -2.24. The lowest BCUT2D eigenvalue weighted by Crippen LogP contribution is -2.17. The van der Waals surface area contributed by atoms with Crippen molar-refractivity contribution in [2.75, 3.05) is 6.54 Å². The highest BCUT2D eigenvalue weighted by molar-refractivity contribution is 7.13. The third kappa shape index (κ3) is 6.09. The maximum Gasteiger partial charge on any atom is 0.124 e. The molecule has 188 valence electrons. The first-order valence-corrected chi connectivity index (χ1v) is 14.6. The van der Waals surface area contributed by atoms with Crippen LogP contribution in [0.1, 0.15) is 87.6 Å². The van der Waals surface area contributed by atoms with E-state index >= 15 is 0 Å². The van der Waals surface area contributed by atoms with E-state index in [1.807, 2.05) is 0 Å². The molecule has 1 aliphatic carbocycles. The Labute approximate surface area is 216 Å². The maximum atomic E-state index is 5.17. The van der Waals surface area contributed by atoms with E-state index in [4.69, 9.17) is 4.98 Å². The average molecular weight is 490 g/mol. The summed E-state index contributed by atoms with van der Waals surface area (Å²) in [6.07, 6.45) is 11.5. The third-order valence-corrected chi connectivity index (χ3v) is 8.50. The van der Waals surface area contributed by atoms with Gasteiger partial charge in [-0.05, 0) is 68.7 Å². The summed E-state index contributed by atoms with van der Waals surface area (Å²) in [5.74, 6) is 0.759. The fourth-order valence-electron chi connectivity index (χ4n) is 5.40. The van der Waals surface area contributed by atoms with E-state index in [0.29, 0.717) is 0 Å². The van der Waals surface area contributed by atoms with Crippen molar-refractivity contribution in [2.45, 2.75) is 92.0 Å². The van der Waals surface area contributed by atoms with Gasteiger partial charge in [-0.25, -0.2) is 4.98 Å². The second kappa shape index (κ2) is 12.1. The SMILES string of the molecule is C=C(NCCCC)c1cc(-c2csc(-c3ccc(C)c(CCC)c3)n2)n(CC2CCCCC2)c1C. The lowest BCUT2D eigenvalue weighted by molar-refractivity contribution is 0.319. The van der Waals surface area contributed by atoms with Gasteiger partial charge >= 0.3 is 0 Å². The van der Waals surface area contributed by atoms with Crippen LogP contribution in [0.3, 0.4) is 0 Å². The average Bonchev–Trinajstić information content (AvgIpc) is 3.47. The van der Waals surface area contributed by atoms with E-state index in [0.717, 1.165) is 41.8 Å². The largest absolute Gasteiger partial charge is 0.385 e. The summed E-state index contributed by atoms with van der Waals surface area (Å²) in [4.78, 5) is 5.17. The quantitative estimate of drug-likeness (QED) is 0.273. The van der Waals surface area contributed by atoms with Gasteiger partial charge in [-0.3, -0.25) is 0 Å². The molecule has 1 aromatic carbocycles. The molecule has 0 radical (unpaired) electrons. The summed E-state index contributed by atoms with van der Waals surface area (Å²) in [5, 5.41) is 6.93. The highest BCUT2D eigenvalue weighted by Gasteiger charge is 2.22. The molecule has 3 nitrogen and oxygen atoms in total. The fraction of sp³-hybridized carbons (Fsp3) is 0.516. The van der Waals surface area contributed by atoms with Crippen molar-refractivity contribution in [3.05, 3.63) is 58.6 Å². The molecule has 0 spiro atoms. The van der Waals surface area contributed by atoms with Gasteiger partial charge in [-0.1, -0.05) is 64.7 Å². The van der Waals surface area contributed by atoms with Gasteiger partial charge in [0.05, 0.1) is 11.4 Å². The van der Waals surface area contributed by atoms with Crippen molar-refractivity contribution in [1.82, 2.24) is 14.9 Å². The van der Waals surface area contributed by atoms with Crippen LogP contribution >= 0.6 is 11.3 Å². The normalized spacial score (nSPS) is 14.4. The van der Waals surface area contributed by atoms with Crippen LogP contribution in [-0.2, 0) is 13.0 Å². The van der Waals surface area contributed by atoms with E-state index < -0.39 is 0 Å². The Hall–Kier alpha value is -2.33. The minimum Gasteiger partial charge on any atom is -0.385 e. The molecule has 4 heteroatoms. The number of nitrogens with one attached hydrogen (secondary N) is 1. The highest BCUT2D eigenvalue weighted by atomic mass is 32.1. The van der Waals surface area contributed by atoms with Gasteiger partial charge in [-0.15, -0.1) is 11.3 Å². The van der Waals surface area contributed by atoms with Gasteiger partial charge < -0.3 is 9.88 Å². The third-order valence-electron chi connectivity index (χ3n) is 7.61. The van der Waals surface area contributed by atoms with Crippen LogP contribution in [0.15, 0.2) is 36.2 Å². The number of rotatable bonds is 11. The summed E-state index contributed by atoms with van der Waals surface area (Å²) in [5.41, 5.74) is 9.98. The first-order valence-electron chi connectivity index (χ1n) is 13.7. The molecular weight excluding hydrogens is 446 g/mol. The lowest BCUT2D eigenvalue weighted by atomic mass is 9.89. The summed E-state index contributed by atoms with van der Waals surface area (Å²) < 4.78 is 2.54. The maximum absolute atomic E-state index is 5.17. The van der Waals surface area contributed by atoms with Crippen LogP contribution in [0, 0.1) is 19.8 Å². The molecule has 0 aliphatic heterocycles. The van der Waals surface area contributed by atoms with E-state index in [1.54, 1.807) is 11.3 Å². The predicted octanol–water partition coefficient (Wildman–Crippen LogP) is 8.79. The molecule has 0 amide bonds. The number of nitrogens with zero attached hydrogens (tertiary/aromatic N) is 2. The van der Waals surface area contributed by atoms with Gasteiger partial charge in [0.15, 0.2) is 0 Å².